The van der Waals surface area contributed by atoms with Crippen LogP contribution in [0, 0.1) is 5.82 Å². The number of hydrogen-bond acceptors (Lipinski definition) is 9. The summed E-state index contributed by atoms with van der Waals surface area (Å²) in [5.41, 5.74) is 1.64. The van der Waals surface area contributed by atoms with Crippen molar-refractivity contribution in [1.29, 1.82) is 0 Å². The fourth-order valence-corrected chi connectivity index (χ4v) is 6.69. The van der Waals surface area contributed by atoms with Gasteiger partial charge in [-0.1, -0.05) is 17.7 Å². The summed E-state index contributed by atoms with van der Waals surface area (Å²) < 4.78 is 36.4. The Hall–Kier alpha value is -3.96. The number of rotatable bonds is 9. The topological polar surface area (TPSA) is 86.3 Å². The molecule has 0 aliphatic carbocycles. The molecule has 9 nitrogen and oxygen atoms in total. The van der Waals surface area contributed by atoms with E-state index in [9.17, 15) is 9.18 Å². The molecule has 0 bridgehead atoms. The van der Waals surface area contributed by atoms with Gasteiger partial charge in [-0.05, 0) is 87.7 Å². The van der Waals surface area contributed by atoms with E-state index >= 15 is 0 Å². The molecule has 3 aromatic carbocycles. The van der Waals surface area contributed by atoms with Crippen molar-refractivity contribution in [3.05, 3.63) is 71.0 Å². The third kappa shape index (κ3) is 7.87. The number of halogens is 2. The number of amides is 1. The van der Waals surface area contributed by atoms with Crippen LogP contribution in [0.4, 0.5) is 20.7 Å². The second kappa shape index (κ2) is 14.2. The highest BCUT2D eigenvalue weighted by atomic mass is 35.5. The number of thioether (sulfide) groups is 1. The number of likely N-dealkylation sites (tertiary alicyclic amines) is 1. The Kier molecular flexibility index (Phi) is 10.3. The second-order valence-electron chi connectivity index (χ2n) is 11.9. The van der Waals surface area contributed by atoms with Crippen molar-refractivity contribution in [1.82, 2.24) is 14.9 Å². The number of aromatic nitrogens is 2. The number of carbonyl (C=O) groups excluding carboxylic acids is 1. The largest absolute Gasteiger partial charge is 0.493 e. The van der Waals surface area contributed by atoms with Crippen molar-refractivity contribution in [2.45, 2.75) is 55.9 Å². The van der Waals surface area contributed by atoms with Crippen LogP contribution >= 0.6 is 23.4 Å². The standard InChI is InChI=1S/C34H38ClFN4O5S/c1-34(2,3)45-33(41)39-15-7-8-24(20-39)46-23-11-13-28-25(18-23)31(38-32(37-28)44-6)40(22-10-12-27(36)26(35)17-22)19-21-9-14-29(42-4)30(16-21)43-5/h9-14,16-18,24H,7-8,15,19-20H2,1-6H3/t24-/m1/s1. The van der Waals surface area contributed by atoms with Crippen molar-refractivity contribution in [2.75, 3.05) is 39.3 Å². The number of hydrogen-bond donors (Lipinski definition) is 0. The van der Waals surface area contributed by atoms with E-state index < -0.39 is 11.4 Å². The first-order valence-corrected chi connectivity index (χ1v) is 16.2. The molecule has 1 saturated heterocycles. The molecule has 0 spiro atoms. The zero-order valence-electron chi connectivity index (χ0n) is 26.8. The van der Waals surface area contributed by atoms with Crippen molar-refractivity contribution in [2.24, 2.45) is 0 Å². The Morgan fingerprint density at radius 1 is 1.02 bits per heavy atom. The molecule has 4 aromatic rings. The van der Waals surface area contributed by atoms with Gasteiger partial charge in [-0.2, -0.15) is 9.97 Å². The number of benzene rings is 3. The summed E-state index contributed by atoms with van der Waals surface area (Å²) in [4.78, 5) is 26.9. The summed E-state index contributed by atoms with van der Waals surface area (Å²) in [6.07, 6.45) is 1.57. The van der Waals surface area contributed by atoms with E-state index in [4.69, 9.17) is 35.5 Å². The fraction of sp³-hybridized carbons (Fsp3) is 0.382. The van der Waals surface area contributed by atoms with Gasteiger partial charge in [0, 0.05) is 40.9 Å². The third-order valence-electron chi connectivity index (χ3n) is 7.40. The molecule has 1 aliphatic rings. The van der Waals surface area contributed by atoms with E-state index in [1.54, 1.807) is 43.0 Å². The summed E-state index contributed by atoms with van der Waals surface area (Å²) in [6, 6.07) is 16.4. The van der Waals surface area contributed by atoms with Crippen LogP contribution in [0.1, 0.15) is 39.2 Å². The molecule has 1 amide bonds. The molecule has 46 heavy (non-hydrogen) atoms. The Morgan fingerprint density at radius 2 is 1.80 bits per heavy atom. The number of nitrogens with zero attached hydrogens (tertiary/aromatic N) is 4. The summed E-state index contributed by atoms with van der Waals surface area (Å²) in [5, 5.41) is 0.940. The SMILES string of the molecule is COc1nc(N(Cc2ccc(OC)c(OC)c2)c2ccc(F)c(Cl)c2)c2cc(S[C@@H]3CCCN(C(=O)OC(C)(C)C)C3)ccc2n1. The number of carbonyl (C=O) groups is 1. The summed E-state index contributed by atoms with van der Waals surface area (Å²) in [7, 11) is 4.68. The van der Waals surface area contributed by atoms with Gasteiger partial charge in [-0.25, -0.2) is 9.18 Å². The highest BCUT2D eigenvalue weighted by Gasteiger charge is 2.28. The Morgan fingerprint density at radius 3 is 2.50 bits per heavy atom. The van der Waals surface area contributed by atoms with E-state index in [-0.39, 0.29) is 22.4 Å². The second-order valence-corrected chi connectivity index (χ2v) is 13.7. The molecule has 1 aliphatic heterocycles. The lowest BCUT2D eigenvalue weighted by Gasteiger charge is -2.34. The maximum absolute atomic E-state index is 14.3. The lowest BCUT2D eigenvalue weighted by atomic mass is 10.1. The van der Waals surface area contributed by atoms with E-state index in [1.807, 2.05) is 62.1 Å². The van der Waals surface area contributed by atoms with Crippen LogP contribution in [0.25, 0.3) is 10.9 Å². The molecule has 244 valence electrons. The van der Waals surface area contributed by atoms with Gasteiger partial charge in [0.1, 0.15) is 17.2 Å². The van der Waals surface area contributed by atoms with Gasteiger partial charge in [-0.15, -0.1) is 11.8 Å². The number of methoxy groups -OCH3 is 3. The Labute approximate surface area is 277 Å². The Balaban J connectivity index is 1.54. The summed E-state index contributed by atoms with van der Waals surface area (Å²) in [5.74, 6) is 1.22. The quantitative estimate of drug-likeness (QED) is 0.175. The van der Waals surface area contributed by atoms with Gasteiger partial charge in [0.2, 0.25) is 0 Å². The molecule has 1 aromatic heterocycles. The van der Waals surface area contributed by atoms with Gasteiger partial charge in [0.15, 0.2) is 11.5 Å². The van der Waals surface area contributed by atoms with Gasteiger partial charge in [0.25, 0.3) is 0 Å². The minimum Gasteiger partial charge on any atom is -0.493 e. The molecular weight excluding hydrogens is 631 g/mol. The van der Waals surface area contributed by atoms with E-state index in [1.165, 1.54) is 13.2 Å². The third-order valence-corrected chi connectivity index (χ3v) is 8.93. The first-order valence-electron chi connectivity index (χ1n) is 14.9. The zero-order valence-corrected chi connectivity index (χ0v) is 28.4. The van der Waals surface area contributed by atoms with Crippen LogP contribution in [0.15, 0.2) is 59.5 Å². The first kappa shape index (κ1) is 33.4. The van der Waals surface area contributed by atoms with Crippen molar-refractivity contribution < 1.29 is 28.1 Å². The number of piperidine rings is 1. The first-order chi connectivity index (χ1) is 22.0. The highest BCUT2D eigenvalue weighted by Crippen LogP contribution is 2.39. The molecule has 2 heterocycles. The normalized spacial score (nSPS) is 15.0. The van der Waals surface area contributed by atoms with Crippen LogP contribution in [0.5, 0.6) is 17.5 Å². The predicted molar refractivity (Wildman–Crippen MR) is 180 cm³/mol. The van der Waals surface area contributed by atoms with Crippen molar-refractivity contribution in [3.8, 4) is 17.5 Å². The number of fused-ring (bicyclic) bond motifs is 1. The minimum atomic E-state index is -0.551. The van der Waals surface area contributed by atoms with Gasteiger partial charge >= 0.3 is 12.1 Å². The van der Waals surface area contributed by atoms with E-state index in [2.05, 4.69) is 4.98 Å². The van der Waals surface area contributed by atoms with Crippen LogP contribution in [-0.4, -0.2) is 66.2 Å². The van der Waals surface area contributed by atoms with Crippen LogP contribution in [-0.2, 0) is 11.3 Å². The number of ether oxygens (including phenoxy) is 4. The molecule has 0 saturated carbocycles. The Bertz CT molecular complexity index is 1720. The summed E-state index contributed by atoms with van der Waals surface area (Å²) >= 11 is 7.99. The monoisotopic (exact) mass is 668 g/mol. The fourth-order valence-electron chi connectivity index (χ4n) is 5.26. The zero-order chi connectivity index (χ0) is 33.0. The smallest absolute Gasteiger partial charge is 0.410 e. The van der Waals surface area contributed by atoms with Crippen LogP contribution in [0.2, 0.25) is 5.02 Å². The molecule has 0 unspecified atom stereocenters. The molecule has 0 radical (unpaired) electrons. The molecule has 1 fully saturated rings. The van der Waals surface area contributed by atoms with Gasteiger partial charge in [-0.3, -0.25) is 0 Å². The highest BCUT2D eigenvalue weighted by molar-refractivity contribution is 8.00. The van der Waals surface area contributed by atoms with E-state index in [0.29, 0.717) is 48.2 Å². The maximum atomic E-state index is 14.3. The molecule has 12 heteroatoms. The minimum absolute atomic E-state index is 0.0109. The van der Waals surface area contributed by atoms with Crippen LogP contribution < -0.4 is 19.1 Å². The average Bonchev–Trinajstić information content (AvgIpc) is 3.03. The predicted octanol–water partition coefficient (Wildman–Crippen LogP) is 8.28. The molecule has 1 atom stereocenters. The van der Waals surface area contributed by atoms with Crippen LogP contribution in [0.3, 0.4) is 0 Å². The molecule has 0 N–H and O–H groups in total. The maximum Gasteiger partial charge on any atom is 0.410 e. The lowest BCUT2D eigenvalue weighted by molar-refractivity contribution is 0.0220. The van der Waals surface area contributed by atoms with Gasteiger partial charge in [0.05, 0.1) is 31.9 Å². The molecular formula is C34H38ClFN4O5S. The molecule has 5 rings (SSSR count). The van der Waals surface area contributed by atoms with Crippen molar-refractivity contribution in [3.63, 3.8) is 0 Å². The van der Waals surface area contributed by atoms with E-state index in [0.717, 1.165) is 28.7 Å². The van der Waals surface area contributed by atoms with Crippen molar-refractivity contribution >= 4 is 51.9 Å². The lowest BCUT2D eigenvalue weighted by Crippen LogP contribution is -2.43. The summed E-state index contributed by atoms with van der Waals surface area (Å²) in [6.45, 7) is 7.22. The average molecular weight is 669 g/mol. The van der Waals surface area contributed by atoms with Gasteiger partial charge < -0.3 is 28.7 Å². The number of anilines is 2.